The summed E-state index contributed by atoms with van der Waals surface area (Å²) in [5, 5.41) is 19.2. The fourth-order valence-electron chi connectivity index (χ4n) is 4.32. The molecule has 0 bridgehead atoms. The van der Waals surface area contributed by atoms with Crippen LogP contribution in [0.4, 0.5) is 11.4 Å². The zero-order valence-electron chi connectivity index (χ0n) is 19.7. The topological polar surface area (TPSA) is 105 Å². The monoisotopic (exact) mass is 529 g/mol. The van der Waals surface area contributed by atoms with Crippen molar-refractivity contribution in [1.29, 1.82) is 0 Å². The molecule has 2 aromatic heterocycles. The number of quaternary nitrogens is 1. The Hall–Kier alpha value is -1.98. The molecule has 0 saturated carbocycles. The summed E-state index contributed by atoms with van der Waals surface area (Å²) < 4.78 is 5.20. The number of amides is 2. The van der Waals surface area contributed by atoms with Crippen molar-refractivity contribution in [3.8, 4) is 0 Å². The van der Waals surface area contributed by atoms with Gasteiger partial charge in [0.25, 0.3) is 11.8 Å². The molecule has 0 aromatic carbocycles. The highest BCUT2D eigenvalue weighted by Gasteiger charge is 2.35. The van der Waals surface area contributed by atoms with E-state index in [9.17, 15) is 19.5 Å². The van der Waals surface area contributed by atoms with Gasteiger partial charge in [0.1, 0.15) is 4.88 Å². The summed E-state index contributed by atoms with van der Waals surface area (Å²) in [5.74, 6) is -0.866. The Morgan fingerprint density at radius 1 is 0.941 bits per heavy atom. The van der Waals surface area contributed by atoms with E-state index in [2.05, 4.69) is 10.6 Å². The predicted octanol–water partition coefficient (Wildman–Crippen LogP) is 0.677. The zero-order valence-corrected chi connectivity index (χ0v) is 22.1. The third kappa shape index (κ3) is 6.79. The third-order valence-corrected chi connectivity index (χ3v) is 8.21. The van der Waals surface area contributed by atoms with E-state index >= 15 is 0 Å². The number of carbonyl (C=O) groups is 3. The number of halogens is 1. The lowest BCUT2D eigenvalue weighted by atomic mass is 10.2. The van der Waals surface area contributed by atoms with Gasteiger partial charge in [-0.3, -0.25) is 9.59 Å². The van der Waals surface area contributed by atoms with Crippen molar-refractivity contribution < 1.29 is 41.1 Å². The molecule has 3 heterocycles. The van der Waals surface area contributed by atoms with Gasteiger partial charge in [0.2, 0.25) is 0 Å². The number of thiophene rings is 2. The lowest BCUT2D eigenvalue weighted by Crippen LogP contribution is -3.00. The van der Waals surface area contributed by atoms with E-state index in [1.165, 1.54) is 29.8 Å². The number of nitrogens with one attached hydrogen (secondary N) is 2. The van der Waals surface area contributed by atoms with E-state index in [-0.39, 0.29) is 43.9 Å². The molecule has 8 nitrogen and oxygen atoms in total. The number of esters is 1. The molecule has 34 heavy (non-hydrogen) atoms. The number of rotatable bonds is 8. The van der Waals surface area contributed by atoms with Gasteiger partial charge >= 0.3 is 5.97 Å². The SMILES string of the molecule is COC(=O)c1scc(C)c1NC(=O)C[N+]1(CC(=O)Nc2c(C)csc2CO)CCCCCC1.[Cl-]. The van der Waals surface area contributed by atoms with Crippen molar-refractivity contribution in [1.82, 2.24) is 0 Å². The summed E-state index contributed by atoms with van der Waals surface area (Å²) in [4.78, 5) is 39.3. The number of likely N-dealkylation sites (tertiary alicyclic amines) is 1. The number of anilines is 2. The molecule has 0 atom stereocenters. The molecule has 0 unspecified atom stereocenters. The van der Waals surface area contributed by atoms with Crippen LogP contribution in [0, 0.1) is 13.8 Å². The molecule has 1 aliphatic heterocycles. The Morgan fingerprint density at radius 3 is 2.03 bits per heavy atom. The lowest BCUT2D eigenvalue weighted by Gasteiger charge is -2.36. The van der Waals surface area contributed by atoms with E-state index in [1.54, 1.807) is 0 Å². The molecular formula is C23H32ClN3O5S2. The minimum atomic E-state index is -0.479. The van der Waals surface area contributed by atoms with Crippen LogP contribution in [-0.2, 0) is 20.9 Å². The highest BCUT2D eigenvalue weighted by molar-refractivity contribution is 7.12. The van der Waals surface area contributed by atoms with Crippen LogP contribution in [-0.4, -0.2) is 60.7 Å². The van der Waals surface area contributed by atoms with E-state index in [4.69, 9.17) is 4.74 Å². The van der Waals surface area contributed by atoms with Crippen LogP contribution < -0.4 is 23.0 Å². The molecule has 2 aromatic rings. The number of methoxy groups -OCH3 is 1. The maximum absolute atomic E-state index is 13.1. The molecule has 2 amide bonds. The molecule has 0 aliphatic carbocycles. The Bertz CT molecular complexity index is 1010. The van der Waals surface area contributed by atoms with Gasteiger partial charge in [0, 0.05) is 0 Å². The highest BCUT2D eigenvalue weighted by atomic mass is 35.5. The van der Waals surface area contributed by atoms with Crippen LogP contribution in [0.15, 0.2) is 10.8 Å². The second kappa shape index (κ2) is 12.6. The van der Waals surface area contributed by atoms with Gasteiger partial charge in [-0.25, -0.2) is 4.79 Å². The number of carbonyl (C=O) groups excluding carboxylic acids is 3. The Morgan fingerprint density at radius 2 is 1.47 bits per heavy atom. The number of aliphatic hydroxyl groups excluding tert-OH is 1. The van der Waals surface area contributed by atoms with Gasteiger partial charge in [-0.2, -0.15) is 0 Å². The average Bonchev–Trinajstić information content (AvgIpc) is 3.22. The second-order valence-corrected chi connectivity index (χ2v) is 10.4. The normalized spacial score (nSPS) is 15.1. The van der Waals surface area contributed by atoms with Gasteiger partial charge in [0.15, 0.2) is 13.1 Å². The maximum Gasteiger partial charge on any atom is 0.350 e. The average molecular weight is 530 g/mol. The zero-order chi connectivity index (χ0) is 24.0. The molecule has 3 rings (SSSR count). The molecule has 1 aliphatic rings. The van der Waals surface area contributed by atoms with Crippen molar-refractivity contribution in [2.75, 3.05) is 43.9 Å². The van der Waals surface area contributed by atoms with E-state index < -0.39 is 5.97 Å². The predicted molar refractivity (Wildman–Crippen MR) is 131 cm³/mol. The van der Waals surface area contributed by atoms with Gasteiger partial charge < -0.3 is 37.4 Å². The van der Waals surface area contributed by atoms with Crippen molar-refractivity contribution >= 4 is 51.8 Å². The lowest BCUT2D eigenvalue weighted by molar-refractivity contribution is -0.912. The molecule has 1 fully saturated rings. The van der Waals surface area contributed by atoms with Crippen LogP contribution in [0.2, 0.25) is 0 Å². The molecule has 0 spiro atoms. The van der Waals surface area contributed by atoms with E-state index in [0.29, 0.717) is 20.7 Å². The van der Waals surface area contributed by atoms with Crippen LogP contribution in [0.1, 0.15) is 51.4 Å². The molecule has 3 N–H and O–H groups in total. The Labute approximate surface area is 214 Å². The van der Waals surface area contributed by atoms with Crippen molar-refractivity contribution in [3.05, 3.63) is 31.6 Å². The first-order valence-electron chi connectivity index (χ1n) is 11.1. The Balaban J connectivity index is 0.00000408. The number of aliphatic hydroxyl groups is 1. The number of hydrogen-bond acceptors (Lipinski definition) is 7. The molecule has 0 radical (unpaired) electrons. The third-order valence-electron chi connectivity index (χ3n) is 6.04. The van der Waals surface area contributed by atoms with Crippen LogP contribution in [0.25, 0.3) is 0 Å². The summed E-state index contributed by atoms with van der Waals surface area (Å²) in [5.41, 5.74) is 2.87. The second-order valence-electron chi connectivity index (χ2n) is 8.61. The van der Waals surface area contributed by atoms with E-state index in [1.807, 2.05) is 24.6 Å². The largest absolute Gasteiger partial charge is 1.00 e. The molecule has 1 saturated heterocycles. The minimum absolute atomic E-state index is 0. The van der Waals surface area contributed by atoms with Gasteiger partial charge in [0.05, 0.1) is 43.1 Å². The fraction of sp³-hybridized carbons (Fsp3) is 0.522. The number of aryl methyl sites for hydroxylation is 2. The van der Waals surface area contributed by atoms with Crippen LogP contribution in [0.5, 0.6) is 0 Å². The quantitative estimate of drug-likeness (QED) is 0.344. The van der Waals surface area contributed by atoms with Gasteiger partial charge in [-0.15, -0.1) is 22.7 Å². The first-order chi connectivity index (χ1) is 15.8. The minimum Gasteiger partial charge on any atom is -1.00 e. The van der Waals surface area contributed by atoms with Crippen molar-refractivity contribution in [3.63, 3.8) is 0 Å². The maximum atomic E-state index is 13.1. The standard InChI is InChI=1S/C23H31N3O5S2.ClH/c1-15-13-32-17(12-27)20(15)24-18(28)10-26(8-6-4-5-7-9-26)11-19(29)25-21-16(2)14-33-22(21)23(30)31-3;/h13-14,27H,4-12H2,1-3H3,(H-,24,25,28,29,30);1H. The fourth-order valence-corrected chi connectivity index (χ4v) is 6.09. The summed E-state index contributed by atoms with van der Waals surface area (Å²) >= 11 is 2.65. The molecule has 11 heteroatoms. The number of nitrogens with zero attached hydrogens (tertiary/aromatic N) is 1. The highest BCUT2D eigenvalue weighted by Crippen LogP contribution is 2.30. The summed E-state index contributed by atoms with van der Waals surface area (Å²) in [7, 11) is 1.32. The number of ether oxygens (including phenoxy) is 1. The Kier molecular flexibility index (Phi) is 10.5. The van der Waals surface area contributed by atoms with Gasteiger partial charge in [-0.05, 0) is 61.4 Å². The first-order valence-corrected chi connectivity index (χ1v) is 12.8. The molecule has 188 valence electrons. The van der Waals surface area contributed by atoms with Crippen LogP contribution in [0.3, 0.4) is 0 Å². The first kappa shape index (κ1) is 28.3. The van der Waals surface area contributed by atoms with Gasteiger partial charge in [-0.1, -0.05) is 0 Å². The summed E-state index contributed by atoms with van der Waals surface area (Å²) in [6.07, 6.45) is 4.06. The molecular weight excluding hydrogens is 498 g/mol. The van der Waals surface area contributed by atoms with E-state index in [0.717, 1.165) is 54.8 Å². The van der Waals surface area contributed by atoms with Crippen LogP contribution >= 0.6 is 22.7 Å². The smallest absolute Gasteiger partial charge is 0.350 e. The van der Waals surface area contributed by atoms with Crippen molar-refractivity contribution in [2.45, 2.75) is 46.1 Å². The summed E-state index contributed by atoms with van der Waals surface area (Å²) in [6, 6.07) is 0. The van der Waals surface area contributed by atoms with Crippen molar-refractivity contribution in [2.24, 2.45) is 0 Å². The number of hydrogen-bond donors (Lipinski definition) is 3. The summed E-state index contributed by atoms with van der Waals surface area (Å²) in [6.45, 7) is 5.42.